The molecule has 1 unspecified atom stereocenters. The Bertz CT molecular complexity index is 1040. The van der Waals surface area contributed by atoms with Crippen molar-refractivity contribution in [1.29, 1.82) is 0 Å². The Balaban J connectivity index is 4.21. The van der Waals surface area contributed by atoms with Gasteiger partial charge in [-0.3, -0.25) is 14.4 Å². The molecule has 6 nitrogen and oxygen atoms in total. The predicted molar refractivity (Wildman–Crippen MR) is 289 cm³/mol. The van der Waals surface area contributed by atoms with Crippen LogP contribution in [0.4, 0.5) is 0 Å². The maximum atomic E-state index is 12.9. The molecule has 6 heteroatoms. The maximum absolute atomic E-state index is 12.9. The van der Waals surface area contributed by atoms with Gasteiger partial charge in [0.05, 0.1) is 0 Å². The van der Waals surface area contributed by atoms with E-state index in [2.05, 4.69) is 41.5 Å². The first-order chi connectivity index (χ1) is 32.6. The summed E-state index contributed by atoms with van der Waals surface area (Å²) >= 11 is 0. The number of rotatable bonds is 54. The number of hydrogen-bond donors (Lipinski definition) is 0. The molecular weight excluding hydrogens is 829 g/mol. The zero-order valence-corrected chi connectivity index (χ0v) is 46.2. The summed E-state index contributed by atoms with van der Waals surface area (Å²) in [6.45, 7) is 13.8. The number of hydrogen-bond acceptors (Lipinski definition) is 6. The van der Waals surface area contributed by atoms with Gasteiger partial charge < -0.3 is 14.2 Å². The van der Waals surface area contributed by atoms with Crippen molar-refractivity contribution in [3.63, 3.8) is 0 Å². The summed E-state index contributed by atoms with van der Waals surface area (Å²) in [6.07, 6.45) is 55.4. The first kappa shape index (κ1) is 65.4. The first-order valence-corrected chi connectivity index (χ1v) is 30.1. The van der Waals surface area contributed by atoms with Crippen LogP contribution in [0.2, 0.25) is 0 Å². The molecular formula is C61H118O6. The van der Waals surface area contributed by atoms with Gasteiger partial charge in [0.25, 0.3) is 0 Å². The van der Waals surface area contributed by atoms with Crippen LogP contribution in [0, 0.1) is 17.8 Å². The maximum Gasteiger partial charge on any atom is 0.306 e. The lowest BCUT2D eigenvalue weighted by molar-refractivity contribution is -0.167. The Hall–Kier alpha value is -1.59. The van der Waals surface area contributed by atoms with Gasteiger partial charge in [0.1, 0.15) is 13.2 Å². The summed E-state index contributed by atoms with van der Waals surface area (Å²) < 4.78 is 16.9. The molecule has 0 saturated heterocycles. The Morgan fingerprint density at radius 1 is 0.299 bits per heavy atom. The fourth-order valence-electron chi connectivity index (χ4n) is 9.32. The minimum absolute atomic E-state index is 0.0639. The molecule has 0 rings (SSSR count). The monoisotopic (exact) mass is 947 g/mol. The van der Waals surface area contributed by atoms with Gasteiger partial charge in [0.2, 0.25) is 0 Å². The van der Waals surface area contributed by atoms with Crippen LogP contribution >= 0.6 is 0 Å². The summed E-state index contributed by atoms with van der Waals surface area (Å²) in [6, 6.07) is 0. The number of ether oxygens (including phenoxy) is 3. The van der Waals surface area contributed by atoms with E-state index in [4.69, 9.17) is 14.2 Å². The molecule has 0 amide bonds. The molecule has 0 aromatic carbocycles. The topological polar surface area (TPSA) is 78.9 Å². The van der Waals surface area contributed by atoms with Crippen LogP contribution in [0.3, 0.4) is 0 Å². The quantitative estimate of drug-likeness (QED) is 0.0343. The summed E-state index contributed by atoms with van der Waals surface area (Å²) in [4.78, 5) is 38.1. The average molecular weight is 948 g/mol. The van der Waals surface area contributed by atoms with Crippen molar-refractivity contribution in [1.82, 2.24) is 0 Å². The molecule has 67 heavy (non-hydrogen) atoms. The smallest absolute Gasteiger partial charge is 0.306 e. The second-order valence-corrected chi connectivity index (χ2v) is 22.2. The van der Waals surface area contributed by atoms with Crippen LogP contribution in [-0.2, 0) is 28.6 Å². The standard InChI is InChI=1S/C61H118O6/c1-7-57(6)49-43-37-31-25-21-17-12-10-8-9-11-13-19-23-27-33-40-46-52-61(64)67-58(54-66-60(63)51-45-39-34-28-30-36-42-48-56(4)5)53-65-59(62)50-44-38-32-26-22-18-15-14-16-20-24-29-35-41-47-55(2)3/h55-58H,7-54H2,1-6H3/t57?,58-/m0/s1. The van der Waals surface area contributed by atoms with E-state index in [1.807, 2.05) is 0 Å². The third-order valence-corrected chi connectivity index (χ3v) is 14.3. The van der Waals surface area contributed by atoms with Crippen molar-refractivity contribution in [3.05, 3.63) is 0 Å². The van der Waals surface area contributed by atoms with Crippen molar-refractivity contribution < 1.29 is 28.6 Å². The molecule has 0 bridgehead atoms. The van der Waals surface area contributed by atoms with Crippen LogP contribution in [0.15, 0.2) is 0 Å². The fraction of sp³-hybridized carbons (Fsp3) is 0.951. The Morgan fingerprint density at radius 3 is 0.776 bits per heavy atom. The van der Waals surface area contributed by atoms with Gasteiger partial charge in [-0.25, -0.2) is 0 Å². The second kappa shape index (κ2) is 52.2. The van der Waals surface area contributed by atoms with Gasteiger partial charge in [-0.15, -0.1) is 0 Å². The second-order valence-electron chi connectivity index (χ2n) is 22.2. The van der Waals surface area contributed by atoms with Gasteiger partial charge in [-0.1, -0.05) is 298 Å². The highest BCUT2D eigenvalue weighted by Gasteiger charge is 2.19. The molecule has 398 valence electrons. The summed E-state index contributed by atoms with van der Waals surface area (Å²) in [7, 11) is 0. The lowest BCUT2D eigenvalue weighted by atomic mass is 9.99. The normalized spacial score (nSPS) is 12.5. The average Bonchev–Trinajstić information content (AvgIpc) is 3.30. The molecule has 0 heterocycles. The number of unbranched alkanes of at least 4 members (excludes halogenated alkanes) is 36. The van der Waals surface area contributed by atoms with Crippen molar-refractivity contribution >= 4 is 17.9 Å². The van der Waals surface area contributed by atoms with E-state index < -0.39 is 6.10 Å². The van der Waals surface area contributed by atoms with E-state index in [-0.39, 0.29) is 31.1 Å². The van der Waals surface area contributed by atoms with E-state index in [0.29, 0.717) is 19.3 Å². The fourth-order valence-corrected chi connectivity index (χ4v) is 9.32. The molecule has 0 fully saturated rings. The third kappa shape index (κ3) is 53.6. The van der Waals surface area contributed by atoms with Crippen LogP contribution in [0.25, 0.3) is 0 Å². The summed E-state index contributed by atoms with van der Waals surface area (Å²) in [5, 5.41) is 0. The molecule has 0 saturated carbocycles. The van der Waals surface area contributed by atoms with Crippen LogP contribution in [-0.4, -0.2) is 37.2 Å². The zero-order valence-electron chi connectivity index (χ0n) is 46.2. The Kier molecular flexibility index (Phi) is 51.0. The molecule has 2 atom stereocenters. The first-order valence-electron chi connectivity index (χ1n) is 30.1. The molecule has 0 aromatic rings. The van der Waals surface area contributed by atoms with Gasteiger partial charge in [-0.2, -0.15) is 0 Å². The van der Waals surface area contributed by atoms with E-state index in [1.165, 1.54) is 218 Å². The number of carbonyl (C=O) groups excluding carboxylic acids is 3. The Labute approximate surface area is 418 Å². The van der Waals surface area contributed by atoms with Gasteiger partial charge in [0, 0.05) is 19.3 Å². The van der Waals surface area contributed by atoms with Crippen LogP contribution in [0.1, 0.15) is 337 Å². The lowest BCUT2D eigenvalue weighted by Gasteiger charge is -2.18. The van der Waals surface area contributed by atoms with Crippen molar-refractivity contribution in [2.24, 2.45) is 17.8 Å². The lowest BCUT2D eigenvalue weighted by Crippen LogP contribution is -2.30. The van der Waals surface area contributed by atoms with E-state index >= 15 is 0 Å². The molecule has 0 spiro atoms. The summed E-state index contributed by atoms with van der Waals surface area (Å²) in [5.74, 6) is 1.69. The minimum Gasteiger partial charge on any atom is -0.462 e. The van der Waals surface area contributed by atoms with E-state index in [1.54, 1.807) is 0 Å². The molecule has 0 aliphatic carbocycles. The number of esters is 3. The molecule has 0 N–H and O–H groups in total. The van der Waals surface area contributed by atoms with Crippen LogP contribution < -0.4 is 0 Å². The highest BCUT2D eigenvalue weighted by molar-refractivity contribution is 5.71. The van der Waals surface area contributed by atoms with Crippen molar-refractivity contribution in [3.8, 4) is 0 Å². The predicted octanol–water partition coefficient (Wildman–Crippen LogP) is 19.9. The highest BCUT2D eigenvalue weighted by atomic mass is 16.6. The molecule has 0 radical (unpaired) electrons. The minimum atomic E-state index is -0.764. The van der Waals surface area contributed by atoms with Gasteiger partial charge in [-0.05, 0) is 37.0 Å². The van der Waals surface area contributed by atoms with Crippen molar-refractivity contribution in [2.75, 3.05) is 13.2 Å². The molecule has 0 aliphatic rings. The number of carbonyl (C=O) groups is 3. The van der Waals surface area contributed by atoms with E-state index in [9.17, 15) is 14.4 Å². The zero-order chi connectivity index (χ0) is 49.1. The molecule has 0 aromatic heterocycles. The highest BCUT2D eigenvalue weighted by Crippen LogP contribution is 2.19. The van der Waals surface area contributed by atoms with Crippen molar-refractivity contribution in [2.45, 2.75) is 343 Å². The molecule has 0 aliphatic heterocycles. The van der Waals surface area contributed by atoms with Gasteiger partial charge >= 0.3 is 17.9 Å². The third-order valence-electron chi connectivity index (χ3n) is 14.3. The van der Waals surface area contributed by atoms with Crippen LogP contribution in [0.5, 0.6) is 0 Å². The van der Waals surface area contributed by atoms with Gasteiger partial charge in [0.15, 0.2) is 6.10 Å². The summed E-state index contributed by atoms with van der Waals surface area (Å²) in [5.41, 5.74) is 0. The van der Waals surface area contributed by atoms with E-state index in [0.717, 1.165) is 75.5 Å². The Morgan fingerprint density at radius 2 is 0.522 bits per heavy atom. The SMILES string of the molecule is CCC(C)CCCCCCCCCCCCCCCCCCCCC(=O)O[C@@H](COC(=O)CCCCCCCCCCCCCCCCC(C)C)COC(=O)CCCCCCCCCC(C)C. The largest absolute Gasteiger partial charge is 0.462 e.